The monoisotopic (exact) mass is 454 g/mol. The molecular formula is C24H19FN8O. The Kier molecular flexibility index (Phi) is 4.66. The van der Waals surface area contributed by atoms with E-state index in [4.69, 9.17) is 9.40 Å². The second-order valence-electron chi connectivity index (χ2n) is 8.28. The molecule has 0 bridgehead atoms. The molecule has 0 aliphatic heterocycles. The molecule has 0 saturated carbocycles. The van der Waals surface area contributed by atoms with Crippen molar-refractivity contribution < 1.29 is 8.81 Å². The molecule has 0 atom stereocenters. The van der Waals surface area contributed by atoms with E-state index in [2.05, 4.69) is 30.1 Å². The number of nitrogens with one attached hydrogen (secondary N) is 2. The van der Waals surface area contributed by atoms with Crippen LogP contribution in [-0.2, 0) is 6.54 Å². The molecule has 168 valence electrons. The molecule has 0 spiro atoms. The van der Waals surface area contributed by atoms with E-state index < -0.39 is 5.82 Å². The molecule has 0 fully saturated rings. The summed E-state index contributed by atoms with van der Waals surface area (Å²) >= 11 is 0. The maximum atomic E-state index is 15.9. The van der Waals surface area contributed by atoms with Gasteiger partial charge in [-0.05, 0) is 31.8 Å². The average Bonchev–Trinajstić information content (AvgIpc) is 3.57. The zero-order chi connectivity index (χ0) is 23.2. The molecule has 0 amide bonds. The highest BCUT2D eigenvalue weighted by molar-refractivity contribution is 5.97. The van der Waals surface area contributed by atoms with Gasteiger partial charge in [0.05, 0.1) is 41.3 Å². The number of aromatic nitrogens is 7. The van der Waals surface area contributed by atoms with Gasteiger partial charge in [-0.2, -0.15) is 5.10 Å². The third-order valence-electron chi connectivity index (χ3n) is 5.56. The molecule has 6 heterocycles. The Balaban J connectivity index is 1.50. The number of pyridine rings is 3. The lowest BCUT2D eigenvalue weighted by Crippen LogP contribution is -2.10. The summed E-state index contributed by atoms with van der Waals surface area (Å²) in [7, 11) is 3.94. The van der Waals surface area contributed by atoms with Crippen LogP contribution in [0.1, 0.15) is 5.56 Å². The third-order valence-corrected chi connectivity index (χ3v) is 5.56. The molecule has 9 nitrogen and oxygen atoms in total. The van der Waals surface area contributed by atoms with E-state index in [0.717, 1.165) is 16.7 Å². The van der Waals surface area contributed by atoms with Crippen molar-refractivity contribution >= 4 is 21.9 Å². The molecule has 10 heteroatoms. The summed E-state index contributed by atoms with van der Waals surface area (Å²) in [4.78, 5) is 22.9. The Morgan fingerprint density at radius 3 is 2.71 bits per heavy atom. The molecule has 0 aliphatic carbocycles. The van der Waals surface area contributed by atoms with Crippen LogP contribution in [0.4, 0.5) is 4.39 Å². The van der Waals surface area contributed by atoms with Gasteiger partial charge < -0.3 is 14.3 Å². The van der Waals surface area contributed by atoms with E-state index in [1.54, 1.807) is 43.5 Å². The summed E-state index contributed by atoms with van der Waals surface area (Å²) < 4.78 is 21.1. The van der Waals surface area contributed by atoms with E-state index in [-0.39, 0.29) is 5.69 Å². The predicted octanol–water partition coefficient (Wildman–Crippen LogP) is 4.42. The second-order valence-corrected chi connectivity index (χ2v) is 8.28. The van der Waals surface area contributed by atoms with Crippen LogP contribution in [0.25, 0.3) is 55.8 Å². The van der Waals surface area contributed by atoms with Crippen molar-refractivity contribution in [1.82, 2.24) is 40.0 Å². The number of furan rings is 1. The topological polar surface area (TPSA) is 112 Å². The lowest BCUT2D eigenvalue weighted by Gasteiger charge is -2.10. The number of halogens is 1. The van der Waals surface area contributed by atoms with Gasteiger partial charge in [0.1, 0.15) is 16.9 Å². The highest BCUT2D eigenvalue weighted by Gasteiger charge is 2.21. The van der Waals surface area contributed by atoms with Gasteiger partial charge in [-0.15, -0.1) is 0 Å². The van der Waals surface area contributed by atoms with Crippen LogP contribution < -0.4 is 0 Å². The summed E-state index contributed by atoms with van der Waals surface area (Å²) in [5, 5.41) is 7.52. The molecule has 34 heavy (non-hydrogen) atoms. The quantitative estimate of drug-likeness (QED) is 0.396. The number of H-pyrrole nitrogens is 2. The largest absolute Gasteiger partial charge is 0.472 e. The van der Waals surface area contributed by atoms with E-state index >= 15 is 4.39 Å². The molecule has 0 saturated heterocycles. The highest BCUT2D eigenvalue weighted by Crippen LogP contribution is 2.34. The normalized spacial score (nSPS) is 11.8. The maximum absolute atomic E-state index is 15.9. The summed E-state index contributed by atoms with van der Waals surface area (Å²) in [6.07, 6.45) is 11.6. The minimum absolute atomic E-state index is 0.208. The number of imidazole rings is 1. The van der Waals surface area contributed by atoms with Crippen molar-refractivity contribution in [2.24, 2.45) is 0 Å². The predicted molar refractivity (Wildman–Crippen MR) is 125 cm³/mol. The van der Waals surface area contributed by atoms with Crippen LogP contribution >= 0.6 is 0 Å². The summed E-state index contributed by atoms with van der Waals surface area (Å²) in [5.41, 5.74) is 5.67. The van der Waals surface area contributed by atoms with Crippen LogP contribution in [0, 0.1) is 5.82 Å². The lowest BCUT2D eigenvalue weighted by atomic mass is 10.1. The van der Waals surface area contributed by atoms with Crippen molar-refractivity contribution in [3.05, 3.63) is 67.0 Å². The summed E-state index contributed by atoms with van der Waals surface area (Å²) in [5.74, 6) is -0.0618. The Bertz CT molecular complexity index is 1630. The van der Waals surface area contributed by atoms with Gasteiger partial charge in [-0.3, -0.25) is 20.1 Å². The average molecular weight is 454 g/mol. The first kappa shape index (κ1) is 20.2. The summed E-state index contributed by atoms with van der Waals surface area (Å²) in [6.45, 7) is 0.688. The number of rotatable bonds is 5. The van der Waals surface area contributed by atoms with Gasteiger partial charge in [0.25, 0.3) is 0 Å². The Hall–Kier alpha value is -4.44. The summed E-state index contributed by atoms with van der Waals surface area (Å²) in [6, 6.07) is 3.73. The van der Waals surface area contributed by atoms with E-state index in [0.29, 0.717) is 45.6 Å². The third kappa shape index (κ3) is 3.32. The Morgan fingerprint density at radius 2 is 1.88 bits per heavy atom. The fourth-order valence-corrected chi connectivity index (χ4v) is 4.09. The molecule has 2 N–H and O–H groups in total. The fourth-order valence-electron chi connectivity index (χ4n) is 4.09. The van der Waals surface area contributed by atoms with Gasteiger partial charge in [0.2, 0.25) is 0 Å². The lowest BCUT2D eigenvalue weighted by molar-refractivity contribution is 0.402. The fraction of sp³-hybridized carbons (Fsp3) is 0.125. The van der Waals surface area contributed by atoms with Crippen molar-refractivity contribution in [1.29, 1.82) is 0 Å². The molecule has 0 aliphatic rings. The maximum Gasteiger partial charge on any atom is 0.161 e. The second kappa shape index (κ2) is 7.85. The van der Waals surface area contributed by atoms with Crippen molar-refractivity contribution in [2.45, 2.75) is 6.54 Å². The molecule has 0 radical (unpaired) electrons. The highest BCUT2D eigenvalue weighted by atomic mass is 19.1. The van der Waals surface area contributed by atoms with Crippen LogP contribution in [0.5, 0.6) is 0 Å². The van der Waals surface area contributed by atoms with Crippen LogP contribution in [-0.4, -0.2) is 54.1 Å². The van der Waals surface area contributed by atoms with E-state index in [1.165, 1.54) is 0 Å². The van der Waals surface area contributed by atoms with Gasteiger partial charge in [0, 0.05) is 41.8 Å². The van der Waals surface area contributed by atoms with E-state index in [1.807, 2.05) is 31.1 Å². The number of aromatic amines is 2. The first-order chi connectivity index (χ1) is 16.6. The van der Waals surface area contributed by atoms with Gasteiger partial charge in [0.15, 0.2) is 11.6 Å². The molecule has 6 aromatic rings. The van der Waals surface area contributed by atoms with Crippen molar-refractivity contribution in [2.75, 3.05) is 14.1 Å². The number of hydrogen-bond donors (Lipinski definition) is 2. The Morgan fingerprint density at radius 1 is 1.00 bits per heavy atom. The van der Waals surface area contributed by atoms with E-state index in [9.17, 15) is 0 Å². The molecule has 0 unspecified atom stereocenters. The number of nitrogens with zero attached hydrogens (tertiary/aromatic N) is 6. The number of fused-ring (bicyclic) bond motifs is 2. The molecule has 6 aromatic heterocycles. The standard InChI is InChI=1S/C24H19FN8O/c1-33(2)11-13-5-15(7-26-6-13)21-20(25)19-17(10-28-21)31-32-23(19)24-29-18-9-27-8-16(22(18)30-24)14-3-4-34-12-14/h3-10,12H,11H2,1-2H3,(H,29,30)(H,31,32). The zero-order valence-electron chi connectivity index (χ0n) is 18.4. The minimum atomic E-state index is -0.487. The van der Waals surface area contributed by atoms with Crippen LogP contribution in [0.15, 0.2) is 60.1 Å². The Labute approximate surface area is 192 Å². The SMILES string of the molecule is CN(C)Cc1cncc(-c2ncc3[nH]nc(-c4nc5c(-c6ccoc6)cncc5[nH]4)c3c2F)c1. The van der Waals surface area contributed by atoms with Crippen LogP contribution in [0.3, 0.4) is 0 Å². The van der Waals surface area contributed by atoms with Crippen LogP contribution in [0.2, 0.25) is 0 Å². The smallest absolute Gasteiger partial charge is 0.161 e. The van der Waals surface area contributed by atoms with Crippen molar-refractivity contribution in [3.63, 3.8) is 0 Å². The molecule has 0 aromatic carbocycles. The van der Waals surface area contributed by atoms with Gasteiger partial charge in [-0.1, -0.05) is 0 Å². The minimum Gasteiger partial charge on any atom is -0.472 e. The van der Waals surface area contributed by atoms with Gasteiger partial charge in [-0.25, -0.2) is 9.37 Å². The first-order valence-electron chi connectivity index (χ1n) is 10.6. The first-order valence-corrected chi connectivity index (χ1v) is 10.6. The van der Waals surface area contributed by atoms with Gasteiger partial charge >= 0.3 is 0 Å². The number of hydrogen-bond acceptors (Lipinski definition) is 7. The molecular weight excluding hydrogens is 435 g/mol. The zero-order valence-corrected chi connectivity index (χ0v) is 18.4. The molecule has 6 rings (SSSR count). The van der Waals surface area contributed by atoms with Crippen molar-refractivity contribution in [3.8, 4) is 33.9 Å².